The van der Waals surface area contributed by atoms with Crippen molar-refractivity contribution in [3.05, 3.63) is 40.1 Å². The van der Waals surface area contributed by atoms with E-state index in [0.29, 0.717) is 22.3 Å². The molecule has 2 heterocycles. The van der Waals surface area contributed by atoms with Crippen molar-refractivity contribution in [2.75, 3.05) is 5.73 Å². The molecule has 9 nitrogen and oxygen atoms in total. The second kappa shape index (κ2) is 4.71. The third kappa shape index (κ3) is 2.31. The summed E-state index contributed by atoms with van der Waals surface area (Å²) in [4.78, 5) is 18.3. The van der Waals surface area contributed by atoms with Gasteiger partial charge in [0.25, 0.3) is 5.69 Å². The number of nitrogens with zero attached hydrogens (tertiary/aromatic N) is 4. The van der Waals surface area contributed by atoms with Crippen LogP contribution in [0.4, 0.5) is 11.6 Å². The minimum Gasteiger partial charge on any atom is -0.438 e. The third-order valence-electron chi connectivity index (χ3n) is 2.87. The first-order valence-corrected chi connectivity index (χ1v) is 5.94. The summed E-state index contributed by atoms with van der Waals surface area (Å²) in [6.45, 7) is 1.71. The highest BCUT2D eigenvalue weighted by atomic mass is 16.6. The SMILES string of the molecule is Cc1cc([N+](=O)[O-])ccc1Oc1nc(N)nc2[nH]ncc12. The van der Waals surface area contributed by atoms with Crippen molar-refractivity contribution in [3.63, 3.8) is 0 Å². The number of aromatic amines is 1. The molecule has 0 fully saturated rings. The first-order valence-electron chi connectivity index (χ1n) is 5.94. The molecular weight excluding hydrogens is 276 g/mol. The number of nitrogens with one attached hydrogen (secondary N) is 1. The second-order valence-electron chi connectivity index (χ2n) is 4.33. The van der Waals surface area contributed by atoms with Crippen LogP contribution in [-0.2, 0) is 0 Å². The van der Waals surface area contributed by atoms with E-state index in [9.17, 15) is 10.1 Å². The van der Waals surface area contributed by atoms with E-state index in [4.69, 9.17) is 10.5 Å². The summed E-state index contributed by atoms with van der Waals surface area (Å²) in [6, 6.07) is 4.30. The van der Waals surface area contributed by atoms with Crippen molar-refractivity contribution >= 4 is 22.7 Å². The molecule has 0 amide bonds. The van der Waals surface area contributed by atoms with Gasteiger partial charge >= 0.3 is 0 Å². The van der Waals surface area contributed by atoms with Gasteiger partial charge in [-0.1, -0.05) is 0 Å². The number of nitro groups is 1. The lowest BCUT2D eigenvalue weighted by molar-refractivity contribution is -0.384. The van der Waals surface area contributed by atoms with Gasteiger partial charge in [0.05, 0.1) is 11.1 Å². The largest absolute Gasteiger partial charge is 0.438 e. The lowest BCUT2D eigenvalue weighted by Gasteiger charge is -2.08. The monoisotopic (exact) mass is 286 g/mol. The van der Waals surface area contributed by atoms with Crippen LogP contribution in [0.25, 0.3) is 11.0 Å². The Kier molecular flexibility index (Phi) is 2.87. The molecule has 0 aliphatic rings. The zero-order chi connectivity index (χ0) is 15.0. The highest BCUT2D eigenvalue weighted by Gasteiger charge is 2.13. The van der Waals surface area contributed by atoms with Gasteiger partial charge in [0, 0.05) is 12.1 Å². The van der Waals surface area contributed by atoms with Gasteiger partial charge in [0.1, 0.15) is 11.1 Å². The molecule has 106 valence electrons. The molecule has 1 aromatic carbocycles. The van der Waals surface area contributed by atoms with Gasteiger partial charge in [0.2, 0.25) is 11.8 Å². The minimum absolute atomic E-state index is 0.00416. The molecule has 0 aliphatic carbocycles. The van der Waals surface area contributed by atoms with E-state index < -0.39 is 4.92 Å². The molecule has 0 saturated heterocycles. The Morgan fingerprint density at radius 2 is 2.19 bits per heavy atom. The quantitative estimate of drug-likeness (QED) is 0.555. The maximum atomic E-state index is 10.7. The fraction of sp³-hybridized carbons (Fsp3) is 0.0833. The van der Waals surface area contributed by atoms with E-state index in [2.05, 4.69) is 20.2 Å². The van der Waals surface area contributed by atoms with Gasteiger partial charge in [-0.05, 0) is 18.6 Å². The average Bonchev–Trinajstić information content (AvgIpc) is 2.88. The summed E-state index contributed by atoms with van der Waals surface area (Å²) in [5.74, 6) is 0.728. The number of anilines is 1. The highest BCUT2D eigenvalue weighted by Crippen LogP contribution is 2.30. The van der Waals surface area contributed by atoms with Crippen LogP contribution in [0, 0.1) is 17.0 Å². The number of nitrogens with two attached hydrogens (primary N) is 1. The average molecular weight is 286 g/mol. The first-order chi connectivity index (χ1) is 10.0. The van der Waals surface area contributed by atoms with Crippen LogP contribution >= 0.6 is 0 Å². The Bertz CT molecular complexity index is 844. The van der Waals surface area contributed by atoms with E-state index in [-0.39, 0.29) is 17.5 Å². The van der Waals surface area contributed by atoms with E-state index in [0.717, 1.165) is 0 Å². The van der Waals surface area contributed by atoms with Crippen molar-refractivity contribution < 1.29 is 9.66 Å². The van der Waals surface area contributed by atoms with Crippen molar-refractivity contribution in [2.24, 2.45) is 0 Å². The van der Waals surface area contributed by atoms with Crippen molar-refractivity contribution in [2.45, 2.75) is 6.92 Å². The van der Waals surface area contributed by atoms with Gasteiger partial charge in [-0.3, -0.25) is 15.2 Å². The number of ether oxygens (including phenoxy) is 1. The zero-order valence-corrected chi connectivity index (χ0v) is 10.9. The van der Waals surface area contributed by atoms with Gasteiger partial charge in [-0.25, -0.2) is 0 Å². The van der Waals surface area contributed by atoms with Crippen LogP contribution in [0.5, 0.6) is 11.6 Å². The lowest BCUT2D eigenvalue weighted by Crippen LogP contribution is -1.99. The summed E-state index contributed by atoms with van der Waals surface area (Å²) >= 11 is 0. The van der Waals surface area contributed by atoms with Crippen LogP contribution in [0.3, 0.4) is 0 Å². The van der Waals surface area contributed by atoms with Crippen LogP contribution in [0.15, 0.2) is 24.4 Å². The fourth-order valence-electron chi connectivity index (χ4n) is 1.87. The number of H-pyrrole nitrogens is 1. The molecule has 0 aliphatic heterocycles. The van der Waals surface area contributed by atoms with Crippen LogP contribution in [-0.4, -0.2) is 25.1 Å². The van der Waals surface area contributed by atoms with Gasteiger partial charge in [0.15, 0.2) is 5.65 Å². The molecule has 0 radical (unpaired) electrons. The number of nitrogen functional groups attached to an aromatic ring is 1. The molecule has 0 unspecified atom stereocenters. The number of hydrogen-bond acceptors (Lipinski definition) is 7. The Morgan fingerprint density at radius 3 is 2.90 bits per heavy atom. The standard InChI is InChI=1S/C12H10N6O3/c1-6-4-7(18(19)20)2-3-9(6)21-11-8-5-14-17-10(8)15-12(13)16-11/h2-5H,1H3,(H3,13,14,15,16,17). The van der Waals surface area contributed by atoms with Crippen LogP contribution < -0.4 is 10.5 Å². The number of non-ortho nitro benzene ring substituents is 1. The summed E-state index contributed by atoms with van der Waals surface area (Å²) < 4.78 is 5.68. The highest BCUT2D eigenvalue weighted by molar-refractivity contribution is 5.80. The van der Waals surface area contributed by atoms with E-state index >= 15 is 0 Å². The van der Waals surface area contributed by atoms with Crippen LogP contribution in [0.2, 0.25) is 0 Å². The predicted molar refractivity (Wildman–Crippen MR) is 74.0 cm³/mol. The van der Waals surface area contributed by atoms with Crippen molar-refractivity contribution in [1.29, 1.82) is 0 Å². The van der Waals surface area contributed by atoms with Crippen LogP contribution in [0.1, 0.15) is 5.56 Å². The molecular formula is C12H10N6O3. The number of hydrogen-bond donors (Lipinski definition) is 2. The molecule has 0 saturated carbocycles. The molecule has 0 spiro atoms. The molecule has 3 rings (SSSR count). The fourth-order valence-corrected chi connectivity index (χ4v) is 1.87. The number of aryl methyl sites for hydroxylation is 1. The Hall–Kier alpha value is -3.23. The molecule has 2 aromatic heterocycles. The zero-order valence-electron chi connectivity index (χ0n) is 10.9. The molecule has 9 heteroatoms. The number of benzene rings is 1. The van der Waals surface area contributed by atoms with Crippen molar-refractivity contribution in [3.8, 4) is 11.6 Å². The number of aromatic nitrogens is 4. The topological polar surface area (TPSA) is 133 Å². The van der Waals surface area contributed by atoms with Gasteiger partial charge in [-0.15, -0.1) is 0 Å². The maximum Gasteiger partial charge on any atom is 0.269 e. The predicted octanol–water partition coefficient (Wildman–Crippen LogP) is 1.94. The van der Waals surface area contributed by atoms with E-state index in [1.807, 2.05) is 0 Å². The van der Waals surface area contributed by atoms with Gasteiger partial charge < -0.3 is 10.5 Å². The van der Waals surface area contributed by atoms with Crippen molar-refractivity contribution in [1.82, 2.24) is 20.2 Å². The normalized spacial score (nSPS) is 10.7. The summed E-state index contributed by atoms with van der Waals surface area (Å²) in [5, 5.41) is 17.8. The third-order valence-corrected chi connectivity index (χ3v) is 2.87. The number of nitro benzene ring substituents is 1. The molecule has 21 heavy (non-hydrogen) atoms. The number of rotatable bonds is 3. The van der Waals surface area contributed by atoms with Gasteiger partial charge in [-0.2, -0.15) is 15.1 Å². The summed E-state index contributed by atoms with van der Waals surface area (Å²) in [5.41, 5.74) is 6.66. The molecule has 3 N–H and O–H groups in total. The summed E-state index contributed by atoms with van der Waals surface area (Å²) in [6.07, 6.45) is 1.52. The van der Waals surface area contributed by atoms with E-state index in [1.165, 1.54) is 24.4 Å². The first kappa shape index (κ1) is 12.8. The Morgan fingerprint density at radius 1 is 1.38 bits per heavy atom. The minimum atomic E-state index is -0.465. The smallest absolute Gasteiger partial charge is 0.269 e. The summed E-state index contributed by atoms with van der Waals surface area (Å²) in [7, 11) is 0. The molecule has 0 atom stereocenters. The Balaban J connectivity index is 2.02. The molecule has 3 aromatic rings. The van der Waals surface area contributed by atoms with E-state index in [1.54, 1.807) is 6.92 Å². The number of fused-ring (bicyclic) bond motifs is 1. The lowest BCUT2D eigenvalue weighted by atomic mass is 10.2. The Labute approximate surface area is 117 Å². The molecule has 0 bridgehead atoms. The second-order valence-corrected chi connectivity index (χ2v) is 4.33. The maximum absolute atomic E-state index is 10.7.